The first-order valence-corrected chi connectivity index (χ1v) is 9.68. The summed E-state index contributed by atoms with van der Waals surface area (Å²) in [6.45, 7) is 5.40. The number of aryl methyl sites for hydroxylation is 2. The van der Waals surface area contributed by atoms with Crippen molar-refractivity contribution in [1.82, 2.24) is 15.6 Å². The van der Waals surface area contributed by atoms with E-state index in [1.165, 1.54) is 11.1 Å². The molecule has 0 atom stereocenters. The number of aromatic nitrogens is 1. The highest BCUT2D eigenvalue weighted by Gasteiger charge is 2.07. The number of methoxy groups -OCH3 is 1. The minimum atomic E-state index is 0.535. The first-order chi connectivity index (χ1) is 14.1. The fourth-order valence-electron chi connectivity index (χ4n) is 2.96. The van der Waals surface area contributed by atoms with Gasteiger partial charge in [-0.05, 0) is 49.6 Å². The molecule has 2 aromatic carbocycles. The molecule has 0 spiro atoms. The summed E-state index contributed by atoms with van der Waals surface area (Å²) in [6.07, 6.45) is 2.55. The summed E-state index contributed by atoms with van der Waals surface area (Å²) in [6, 6.07) is 14.4. The Kier molecular flexibility index (Phi) is 6.89. The summed E-state index contributed by atoms with van der Waals surface area (Å²) in [5.41, 5.74) is 5.36. The van der Waals surface area contributed by atoms with Gasteiger partial charge in [0.1, 0.15) is 12.0 Å². The van der Waals surface area contributed by atoms with E-state index in [0.29, 0.717) is 12.4 Å². The average molecular weight is 393 g/mol. The van der Waals surface area contributed by atoms with Crippen LogP contribution in [-0.2, 0) is 13.0 Å². The van der Waals surface area contributed by atoms with Gasteiger partial charge in [-0.3, -0.25) is 4.99 Å². The van der Waals surface area contributed by atoms with Crippen LogP contribution in [0.2, 0.25) is 0 Å². The summed E-state index contributed by atoms with van der Waals surface area (Å²) in [7, 11) is 3.45. The Morgan fingerprint density at radius 3 is 2.62 bits per heavy atom. The molecule has 6 nitrogen and oxygen atoms in total. The summed E-state index contributed by atoms with van der Waals surface area (Å²) >= 11 is 0. The van der Waals surface area contributed by atoms with E-state index in [-0.39, 0.29) is 0 Å². The van der Waals surface area contributed by atoms with E-state index in [4.69, 9.17) is 9.15 Å². The summed E-state index contributed by atoms with van der Waals surface area (Å²) in [5, 5.41) is 6.59. The van der Waals surface area contributed by atoms with Crippen LogP contribution in [0.3, 0.4) is 0 Å². The molecule has 6 heteroatoms. The Morgan fingerprint density at radius 1 is 1.10 bits per heavy atom. The molecule has 0 bridgehead atoms. The van der Waals surface area contributed by atoms with Gasteiger partial charge in [-0.1, -0.05) is 29.8 Å². The number of guanidine groups is 1. The molecule has 1 heterocycles. The van der Waals surface area contributed by atoms with E-state index in [1.807, 2.05) is 31.2 Å². The molecular weight excluding hydrogens is 364 g/mol. The van der Waals surface area contributed by atoms with Crippen molar-refractivity contribution in [3.8, 4) is 17.2 Å². The molecule has 1 aromatic heterocycles. The standard InChI is InChI=1S/C23H28N4O2/c1-16-5-9-19(10-6-16)22-27-20(15-29-22)14-26-23(24-3)25-12-11-18-8-7-17(2)21(13-18)28-4/h5-10,13,15H,11-12,14H2,1-4H3,(H2,24,25,26). The van der Waals surface area contributed by atoms with Gasteiger partial charge in [-0.2, -0.15) is 0 Å². The fraction of sp³-hybridized carbons (Fsp3) is 0.304. The molecule has 0 radical (unpaired) electrons. The predicted molar refractivity (Wildman–Crippen MR) is 116 cm³/mol. The zero-order chi connectivity index (χ0) is 20.6. The van der Waals surface area contributed by atoms with Gasteiger partial charge in [0.15, 0.2) is 5.96 Å². The highest BCUT2D eigenvalue weighted by atomic mass is 16.5. The lowest BCUT2D eigenvalue weighted by atomic mass is 10.1. The molecule has 0 aliphatic rings. The Balaban J connectivity index is 1.49. The molecule has 0 fully saturated rings. The number of hydrogen-bond acceptors (Lipinski definition) is 4. The molecule has 0 unspecified atom stereocenters. The monoisotopic (exact) mass is 392 g/mol. The normalized spacial score (nSPS) is 11.4. The fourth-order valence-corrected chi connectivity index (χ4v) is 2.96. The quantitative estimate of drug-likeness (QED) is 0.472. The lowest BCUT2D eigenvalue weighted by Gasteiger charge is -2.12. The van der Waals surface area contributed by atoms with Gasteiger partial charge in [-0.15, -0.1) is 0 Å². The van der Waals surface area contributed by atoms with Crippen molar-refractivity contribution in [2.75, 3.05) is 20.7 Å². The number of nitrogens with one attached hydrogen (secondary N) is 2. The van der Waals surface area contributed by atoms with E-state index in [0.717, 1.165) is 41.5 Å². The highest BCUT2D eigenvalue weighted by Crippen LogP contribution is 2.20. The number of oxazole rings is 1. The number of nitrogens with zero attached hydrogens (tertiary/aromatic N) is 2. The first-order valence-electron chi connectivity index (χ1n) is 9.68. The van der Waals surface area contributed by atoms with Gasteiger partial charge >= 0.3 is 0 Å². The molecule has 152 valence electrons. The molecule has 0 saturated carbocycles. The van der Waals surface area contributed by atoms with Crippen LogP contribution in [0.4, 0.5) is 0 Å². The minimum Gasteiger partial charge on any atom is -0.496 e. The third-order valence-electron chi connectivity index (χ3n) is 4.69. The molecule has 3 rings (SSSR count). The maximum atomic E-state index is 5.60. The molecule has 0 amide bonds. The van der Waals surface area contributed by atoms with Crippen LogP contribution in [0, 0.1) is 13.8 Å². The number of hydrogen-bond donors (Lipinski definition) is 2. The van der Waals surface area contributed by atoms with Gasteiger partial charge in [0, 0.05) is 19.2 Å². The zero-order valence-corrected chi connectivity index (χ0v) is 17.5. The second kappa shape index (κ2) is 9.78. The van der Waals surface area contributed by atoms with Gasteiger partial charge in [-0.25, -0.2) is 4.98 Å². The van der Waals surface area contributed by atoms with Gasteiger partial charge in [0.2, 0.25) is 5.89 Å². The van der Waals surface area contributed by atoms with Crippen molar-refractivity contribution in [1.29, 1.82) is 0 Å². The molecule has 0 saturated heterocycles. The lowest BCUT2D eigenvalue weighted by molar-refractivity contribution is 0.411. The molecule has 0 aliphatic carbocycles. The third-order valence-corrected chi connectivity index (χ3v) is 4.69. The van der Waals surface area contributed by atoms with Crippen LogP contribution in [0.1, 0.15) is 22.4 Å². The average Bonchev–Trinajstić information content (AvgIpc) is 3.21. The van der Waals surface area contributed by atoms with Crippen molar-refractivity contribution in [2.24, 2.45) is 4.99 Å². The van der Waals surface area contributed by atoms with Crippen LogP contribution in [-0.4, -0.2) is 31.6 Å². The van der Waals surface area contributed by atoms with Crippen molar-refractivity contribution in [3.63, 3.8) is 0 Å². The predicted octanol–water partition coefficient (Wildman–Crippen LogP) is 3.87. The Labute approximate surface area is 172 Å². The van der Waals surface area contributed by atoms with E-state index in [1.54, 1.807) is 20.4 Å². The van der Waals surface area contributed by atoms with Crippen LogP contribution in [0.25, 0.3) is 11.5 Å². The van der Waals surface area contributed by atoms with Crippen molar-refractivity contribution >= 4 is 5.96 Å². The maximum Gasteiger partial charge on any atom is 0.226 e. The summed E-state index contributed by atoms with van der Waals surface area (Å²) in [4.78, 5) is 8.81. The Hall–Kier alpha value is -3.28. The molecule has 29 heavy (non-hydrogen) atoms. The molecule has 2 N–H and O–H groups in total. The van der Waals surface area contributed by atoms with Gasteiger partial charge < -0.3 is 19.8 Å². The minimum absolute atomic E-state index is 0.535. The van der Waals surface area contributed by atoms with E-state index >= 15 is 0 Å². The summed E-state index contributed by atoms with van der Waals surface area (Å²) < 4.78 is 11.0. The topological polar surface area (TPSA) is 71.7 Å². The van der Waals surface area contributed by atoms with Crippen molar-refractivity contribution in [3.05, 3.63) is 71.1 Å². The van der Waals surface area contributed by atoms with Crippen molar-refractivity contribution < 1.29 is 9.15 Å². The smallest absolute Gasteiger partial charge is 0.226 e. The third kappa shape index (κ3) is 5.60. The Bertz CT molecular complexity index is 961. The second-order valence-corrected chi connectivity index (χ2v) is 6.92. The second-order valence-electron chi connectivity index (χ2n) is 6.92. The largest absolute Gasteiger partial charge is 0.496 e. The van der Waals surface area contributed by atoms with Gasteiger partial charge in [0.05, 0.1) is 19.3 Å². The number of ether oxygens (including phenoxy) is 1. The molecule has 3 aromatic rings. The van der Waals surface area contributed by atoms with Crippen LogP contribution < -0.4 is 15.4 Å². The number of rotatable bonds is 7. The number of aliphatic imine (C=N–C) groups is 1. The highest BCUT2D eigenvalue weighted by molar-refractivity contribution is 5.79. The SMILES string of the molecule is CN=C(NCCc1ccc(C)c(OC)c1)NCc1coc(-c2ccc(C)cc2)n1. The number of benzene rings is 2. The molecular formula is C23H28N4O2. The van der Waals surface area contributed by atoms with Crippen LogP contribution in [0.15, 0.2) is 58.1 Å². The molecule has 0 aliphatic heterocycles. The first kappa shape index (κ1) is 20.5. The van der Waals surface area contributed by atoms with E-state index in [9.17, 15) is 0 Å². The van der Waals surface area contributed by atoms with E-state index in [2.05, 4.69) is 45.7 Å². The summed E-state index contributed by atoms with van der Waals surface area (Å²) in [5.74, 6) is 2.27. The maximum absolute atomic E-state index is 5.60. The van der Waals surface area contributed by atoms with E-state index < -0.39 is 0 Å². The van der Waals surface area contributed by atoms with Crippen LogP contribution >= 0.6 is 0 Å². The van der Waals surface area contributed by atoms with Gasteiger partial charge in [0.25, 0.3) is 0 Å². The van der Waals surface area contributed by atoms with Crippen LogP contribution in [0.5, 0.6) is 5.75 Å². The Morgan fingerprint density at radius 2 is 1.90 bits per heavy atom. The lowest BCUT2D eigenvalue weighted by Crippen LogP contribution is -2.37. The van der Waals surface area contributed by atoms with Crippen molar-refractivity contribution in [2.45, 2.75) is 26.8 Å². The zero-order valence-electron chi connectivity index (χ0n) is 17.5.